The number of rotatable bonds is 13. The van der Waals surface area contributed by atoms with Gasteiger partial charge in [0.2, 0.25) is 0 Å². The molecule has 0 saturated heterocycles. The van der Waals surface area contributed by atoms with Crippen LogP contribution in [0, 0.1) is 11.8 Å². The quantitative estimate of drug-likeness (QED) is 0.137. The van der Waals surface area contributed by atoms with Gasteiger partial charge in [0.1, 0.15) is 34.5 Å². The van der Waals surface area contributed by atoms with Gasteiger partial charge in [0.15, 0.2) is 22.8 Å². The van der Waals surface area contributed by atoms with E-state index in [-0.39, 0.29) is 11.6 Å². The van der Waals surface area contributed by atoms with Gasteiger partial charge in [0.05, 0.1) is 28.4 Å². The summed E-state index contributed by atoms with van der Waals surface area (Å²) in [4.78, 5) is 27.3. The molecule has 0 saturated carbocycles. The van der Waals surface area contributed by atoms with Gasteiger partial charge in [-0.1, -0.05) is 48.5 Å². The molecule has 0 aliphatic carbocycles. The number of carbonyl (C=O) groups is 2. The first-order valence-corrected chi connectivity index (χ1v) is 17.4. The molecule has 8 heteroatoms. The summed E-state index contributed by atoms with van der Waals surface area (Å²) >= 11 is 0. The van der Waals surface area contributed by atoms with Gasteiger partial charge < -0.3 is 28.4 Å². The molecule has 0 bridgehead atoms. The number of carbonyl (C=O) groups excluding carboxylic acids is 2. The van der Waals surface area contributed by atoms with Crippen LogP contribution in [0.1, 0.15) is 62.8 Å². The van der Waals surface area contributed by atoms with Gasteiger partial charge in [0.25, 0.3) is 0 Å². The first-order valence-electron chi connectivity index (χ1n) is 17.4. The lowest BCUT2D eigenvalue weighted by atomic mass is 9.67. The first-order chi connectivity index (χ1) is 25.0. The maximum absolute atomic E-state index is 13.6. The van der Waals surface area contributed by atoms with Crippen molar-refractivity contribution in [1.82, 2.24) is 0 Å². The van der Waals surface area contributed by atoms with E-state index in [4.69, 9.17) is 28.4 Å². The Morgan fingerprint density at radius 3 is 0.904 bits per heavy atom. The van der Waals surface area contributed by atoms with Gasteiger partial charge in [-0.05, 0) is 89.1 Å². The lowest BCUT2D eigenvalue weighted by molar-refractivity contribution is -0.115. The van der Waals surface area contributed by atoms with Crippen LogP contribution in [0.25, 0.3) is 0 Å². The number of ketones is 2. The lowest BCUT2D eigenvalue weighted by Crippen LogP contribution is -2.39. The fourth-order valence-corrected chi connectivity index (χ4v) is 8.38. The standard InChI is InChI=1S/C44H46O8/c1-27(45)41-29(3)51-43(31-9-17-35(47-5)18-10-31,32-11-19-36(48-6)20-12-32)39(41)25-26-40-42(28(2)46)30(4)52-44(40,33-13-21-37(49-7)22-14-33)34-15-23-38(50-8)24-16-34/h9-24,39-40H,25-26H2,1-8H3. The predicted molar refractivity (Wildman–Crippen MR) is 199 cm³/mol. The second kappa shape index (κ2) is 14.6. The highest BCUT2D eigenvalue weighted by Gasteiger charge is 2.56. The summed E-state index contributed by atoms with van der Waals surface area (Å²) in [6.45, 7) is 6.91. The summed E-state index contributed by atoms with van der Waals surface area (Å²) in [5.41, 5.74) is 2.59. The van der Waals surface area contributed by atoms with E-state index in [1.807, 2.05) is 111 Å². The summed E-state index contributed by atoms with van der Waals surface area (Å²) in [6.07, 6.45) is 0.965. The van der Waals surface area contributed by atoms with Crippen molar-refractivity contribution in [2.24, 2.45) is 11.8 Å². The van der Waals surface area contributed by atoms with E-state index in [9.17, 15) is 9.59 Å². The highest BCUT2D eigenvalue weighted by molar-refractivity contribution is 5.96. The van der Waals surface area contributed by atoms with Crippen molar-refractivity contribution in [3.63, 3.8) is 0 Å². The second-order valence-corrected chi connectivity index (χ2v) is 13.3. The van der Waals surface area contributed by atoms with Crippen LogP contribution in [0.3, 0.4) is 0 Å². The van der Waals surface area contributed by atoms with Gasteiger partial charge in [-0.25, -0.2) is 0 Å². The molecule has 0 amide bonds. The van der Waals surface area contributed by atoms with Crippen LogP contribution in [-0.2, 0) is 30.3 Å². The fraction of sp³-hybridized carbons (Fsp3) is 0.318. The number of hydrogen-bond acceptors (Lipinski definition) is 8. The number of allylic oxidation sites excluding steroid dienone is 2. The molecule has 2 aliphatic rings. The largest absolute Gasteiger partial charge is 0.497 e. The summed E-state index contributed by atoms with van der Waals surface area (Å²) in [5, 5.41) is 0. The van der Waals surface area contributed by atoms with Crippen molar-refractivity contribution in [2.75, 3.05) is 28.4 Å². The molecule has 0 spiro atoms. The van der Waals surface area contributed by atoms with Crippen molar-refractivity contribution < 1.29 is 38.0 Å². The molecule has 6 rings (SSSR count). The summed E-state index contributed by atoms with van der Waals surface area (Å²) < 4.78 is 36.0. The minimum absolute atomic E-state index is 0.0656. The molecular formula is C44H46O8. The average molecular weight is 703 g/mol. The Labute approximate surface area is 306 Å². The monoisotopic (exact) mass is 702 g/mol. The van der Waals surface area contributed by atoms with E-state index >= 15 is 0 Å². The van der Waals surface area contributed by atoms with Crippen LogP contribution >= 0.6 is 0 Å². The van der Waals surface area contributed by atoms with Crippen molar-refractivity contribution in [1.29, 1.82) is 0 Å². The van der Waals surface area contributed by atoms with E-state index in [1.54, 1.807) is 42.3 Å². The van der Waals surface area contributed by atoms with E-state index in [1.165, 1.54) is 0 Å². The molecule has 2 atom stereocenters. The van der Waals surface area contributed by atoms with Crippen LogP contribution in [0.5, 0.6) is 23.0 Å². The third kappa shape index (κ3) is 6.10. The second-order valence-electron chi connectivity index (χ2n) is 13.3. The molecule has 2 heterocycles. The molecule has 2 unspecified atom stereocenters. The maximum atomic E-state index is 13.6. The topological polar surface area (TPSA) is 89.5 Å². The Kier molecular flexibility index (Phi) is 10.2. The van der Waals surface area contributed by atoms with Gasteiger partial charge in [-0.2, -0.15) is 0 Å². The molecule has 4 aromatic carbocycles. The van der Waals surface area contributed by atoms with E-state index in [0.717, 1.165) is 22.3 Å². The predicted octanol–water partition coefficient (Wildman–Crippen LogP) is 8.71. The number of hydrogen-bond donors (Lipinski definition) is 0. The molecule has 0 N–H and O–H groups in total. The highest BCUT2D eigenvalue weighted by Crippen LogP contribution is 2.57. The minimum Gasteiger partial charge on any atom is -0.497 e. The van der Waals surface area contributed by atoms with Gasteiger partial charge in [0, 0.05) is 45.2 Å². The molecule has 0 radical (unpaired) electrons. The number of Topliss-reactive ketones (excluding diaryl/α,β-unsaturated/α-hetero) is 2. The van der Waals surface area contributed by atoms with Crippen LogP contribution in [0.2, 0.25) is 0 Å². The molecule has 270 valence electrons. The van der Waals surface area contributed by atoms with Gasteiger partial charge in [-0.15, -0.1) is 0 Å². The van der Waals surface area contributed by atoms with E-state index < -0.39 is 23.0 Å². The van der Waals surface area contributed by atoms with Crippen LogP contribution < -0.4 is 18.9 Å². The Morgan fingerprint density at radius 1 is 0.481 bits per heavy atom. The Bertz CT molecular complexity index is 1750. The molecule has 52 heavy (non-hydrogen) atoms. The molecular weight excluding hydrogens is 656 g/mol. The Balaban J connectivity index is 1.54. The van der Waals surface area contributed by atoms with Crippen molar-refractivity contribution in [2.45, 2.75) is 51.7 Å². The zero-order valence-electron chi connectivity index (χ0n) is 31.1. The van der Waals surface area contributed by atoms with Gasteiger partial charge >= 0.3 is 0 Å². The minimum atomic E-state index is -1.07. The first kappa shape index (κ1) is 36.3. The average Bonchev–Trinajstić information content (AvgIpc) is 3.65. The summed E-state index contributed by atoms with van der Waals surface area (Å²) in [7, 11) is 6.53. The maximum Gasteiger partial charge on any atom is 0.166 e. The lowest BCUT2D eigenvalue weighted by Gasteiger charge is -2.40. The van der Waals surface area contributed by atoms with Crippen LogP contribution in [0.4, 0.5) is 0 Å². The summed E-state index contributed by atoms with van der Waals surface area (Å²) in [6, 6.07) is 31.2. The molecule has 0 fully saturated rings. The zero-order chi connectivity index (χ0) is 37.2. The molecule has 0 aromatic heterocycles. The van der Waals surface area contributed by atoms with Crippen molar-refractivity contribution in [3.05, 3.63) is 142 Å². The Morgan fingerprint density at radius 2 is 0.712 bits per heavy atom. The fourth-order valence-electron chi connectivity index (χ4n) is 8.38. The molecule has 8 nitrogen and oxygen atoms in total. The normalized spacial score (nSPS) is 18.8. The van der Waals surface area contributed by atoms with Crippen molar-refractivity contribution >= 4 is 11.6 Å². The third-order valence-corrected chi connectivity index (χ3v) is 10.6. The number of ether oxygens (including phenoxy) is 6. The van der Waals surface area contributed by atoms with E-state index in [2.05, 4.69) is 0 Å². The molecule has 2 aliphatic heterocycles. The number of benzene rings is 4. The smallest absolute Gasteiger partial charge is 0.166 e. The third-order valence-electron chi connectivity index (χ3n) is 10.6. The van der Waals surface area contributed by atoms with Crippen LogP contribution in [-0.4, -0.2) is 40.0 Å². The van der Waals surface area contributed by atoms with E-state index in [0.29, 0.717) is 58.5 Å². The van der Waals surface area contributed by atoms with Crippen LogP contribution in [0.15, 0.2) is 120 Å². The highest BCUT2D eigenvalue weighted by atomic mass is 16.5. The molecule has 4 aromatic rings. The number of methoxy groups -OCH3 is 4. The SMILES string of the molecule is COc1ccc(C2(c3ccc(OC)cc3)OC(C)=C(C(C)=O)C2CCC2C(C(C)=O)=C(C)OC2(c2ccc(OC)cc2)c2ccc(OC)cc2)cc1. The van der Waals surface area contributed by atoms with Crippen molar-refractivity contribution in [3.8, 4) is 23.0 Å². The Hall–Kier alpha value is -5.50. The summed E-state index contributed by atoms with van der Waals surface area (Å²) in [5.74, 6) is 2.99. The van der Waals surface area contributed by atoms with Gasteiger partial charge in [-0.3, -0.25) is 9.59 Å². The zero-order valence-corrected chi connectivity index (χ0v) is 31.1.